The molecule has 2 atom stereocenters. The average Bonchev–Trinajstić information content (AvgIpc) is 2.88. The van der Waals surface area contributed by atoms with Crippen LogP contribution in [0.25, 0.3) is 9.81 Å². The molecule has 32 heavy (non-hydrogen) atoms. The predicted molar refractivity (Wildman–Crippen MR) is 135 cm³/mol. The quantitative estimate of drug-likeness (QED) is 0.292. The number of hydrogen-bond donors (Lipinski definition) is 0. The molecule has 4 heteroatoms. The van der Waals surface area contributed by atoms with Gasteiger partial charge >= 0.3 is 0 Å². The zero-order chi connectivity index (χ0) is 22.2. The first-order valence-electron chi connectivity index (χ1n) is 10.2. The second kappa shape index (κ2) is 10.8. The van der Waals surface area contributed by atoms with E-state index in [2.05, 4.69) is 0 Å². The topological polar surface area (TPSA) is 34.1 Å². The van der Waals surface area contributed by atoms with Gasteiger partial charge in [-0.25, -0.2) is 8.42 Å². The number of rotatable bonds is 7. The highest BCUT2D eigenvalue weighted by molar-refractivity contribution is 7.95. The van der Waals surface area contributed by atoms with Crippen LogP contribution in [0.1, 0.15) is 11.1 Å². The van der Waals surface area contributed by atoms with Crippen molar-refractivity contribution in [3.05, 3.63) is 145 Å². The minimum atomic E-state index is -1.39. The van der Waals surface area contributed by atoms with Gasteiger partial charge in [-0.05, 0) is 47.5 Å². The smallest absolute Gasteiger partial charge is 0.0855 e. The Morgan fingerprint density at radius 1 is 0.438 bits per heavy atom. The van der Waals surface area contributed by atoms with Crippen LogP contribution in [0.4, 0.5) is 0 Å². The van der Waals surface area contributed by atoms with Crippen molar-refractivity contribution in [2.45, 2.75) is 9.79 Å². The van der Waals surface area contributed by atoms with E-state index >= 15 is 0 Å². The van der Waals surface area contributed by atoms with E-state index in [9.17, 15) is 8.42 Å². The molecule has 0 saturated heterocycles. The lowest BCUT2D eigenvalue weighted by molar-refractivity contribution is 0.688. The molecule has 0 heterocycles. The number of benzene rings is 4. The third-order valence-electron chi connectivity index (χ3n) is 4.82. The van der Waals surface area contributed by atoms with Crippen molar-refractivity contribution < 1.29 is 8.42 Å². The van der Waals surface area contributed by atoms with Crippen LogP contribution in [0.3, 0.4) is 0 Å². The first-order valence-corrected chi connectivity index (χ1v) is 12.5. The lowest BCUT2D eigenvalue weighted by Gasteiger charge is -2.10. The second-order valence-electron chi connectivity index (χ2n) is 6.96. The van der Waals surface area contributed by atoms with Gasteiger partial charge in [0.15, 0.2) is 0 Å². The molecule has 0 spiro atoms. The molecular weight excluding hydrogens is 432 g/mol. The largest absolute Gasteiger partial charge is 0.249 e. The molecule has 0 aromatic heterocycles. The van der Waals surface area contributed by atoms with Crippen molar-refractivity contribution in [3.63, 3.8) is 0 Å². The van der Waals surface area contributed by atoms with Crippen molar-refractivity contribution in [1.82, 2.24) is 0 Å². The van der Waals surface area contributed by atoms with Crippen LogP contribution < -0.4 is 0 Å². The van der Waals surface area contributed by atoms with E-state index in [1.54, 1.807) is 0 Å². The van der Waals surface area contributed by atoms with Crippen LogP contribution in [-0.2, 0) is 21.6 Å². The summed E-state index contributed by atoms with van der Waals surface area (Å²) in [4.78, 5) is 2.77. The summed E-state index contributed by atoms with van der Waals surface area (Å²) in [6.45, 7) is 0. The summed E-state index contributed by atoms with van der Waals surface area (Å²) in [7, 11) is -2.77. The van der Waals surface area contributed by atoms with Gasteiger partial charge in [0.05, 0.1) is 31.4 Å². The van der Waals surface area contributed by atoms with Gasteiger partial charge in [-0.15, -0.1) is 0 Å². The summed E-state index contributed by atoms with van der Waals surface area (Å²) in [5.74, 6) is 0. The van der Waals surface area contributed by atoms with Crippen LogP contribution in [0.2, 0.25) is 0 Å². The lowest BCUT2D eigenvalue weighted by Crippen LogP contribution is -1.98. The molecule has 0 N–H and O–H groups in total. The maximum Gasteiger partial charge on any atom is 0.0855 e. The zero-order valence-electron chi connectivity index (χ0n) is 17.3. The fourth-order valence-corrected chi connectivity index (χ4v) is 5.63. The van der Waals surface area contributed by atoms with Crippen molar-refractivity contribution in [2.24, 2.45) is 0 Å². The van der Waals surface area contributed by atoms with Crippen LogP contribution >= 0.6 is 0 Å². The van der Waals surface area contributed by atoms with E-state index in [-0.39, 0.29) is 0 Å². The number of hydrogen-bond acceptors (Lipinski definition) is 2. The van der Waals surface area contributed by atoms with Gasteiger partial charge in [-0.2, -0.15) is 0 Å². The second-order valence-corrected chi connectivity index (χ2v) is 9.85. The maximum atomic E-state index is 13.5. The predicted octanol–water partition coefficient (Wildman–Crippen LogP) is 6.68. The molecule has 0 aliphatic heterocycles. The number of allylic oxidation sites excluding steroid dienone is 2. The van der Waals surface area contributed by atoms with Crippen molar-refractivity contribution in [2.75, 3.05) is 0 Å². The van der Waals surface area contributed by atoms with Crippen LogP contribution in [0, 0.1) is 0 Å². The summed E-state index contributed by atoms with van der Waals surface area (Å²) in [6.07, 6.45) is 3.67. The Labute approximate surface area is 193 Å². The Morgan fingerprint density at radius 2 is 0.719 bits per heavy atom. The van der Waals surface area contributed by atoms with Gasteiger partial charge in [0.2, 0.25) is 0 Å². The normalized spacial score (nSPS) is 14.0. The van der Waals surface area contributed by atoms with Crippen molar-refractivity contribution >= 4 is 31.4 Å². The highest BCUT2D eigenvalue weighted by Gasteiger charge is 2.15. The fraction of sp³-hybridized carbons (Fsp3) is 0. The maximum absolute atomic E-state index is 13.5. The van der Waals surface area contributed by atoms with Crippen LogP contribution in [-0.4, -0.2) is 8.42 Å². The van der Waals surface area contributed by atoms with Crippen molar-refractivity contribution in [3.8, 4) is 0 Å². The van der Waals surface area contributed by atoms with Crippen LogP contribution in [0.15, 0.2) is 143 Å². The summed E-state index contributed by atoms with van der Waals surface area (Å²) in [5, 5.41) is 0. The van der Waals surface area contributed by atoms with E-state index in [1.807, 2.05) is 133 Å². The Kier molecular flexibility index (Phi) is 7.38. The molecular formula is C28H22O2S2. The lowest BCUT2D eigenvalue weighted by atomic mass is 10.2. The molecule has 0 aliphatic rings. The Morgan fingerprint density at radius 3 is 1.03 bits per heavy atom. The van der Waals surface area contributed by atoms with Gasteiger partial charge in [-0.1, -0.05) is 97.1 Å². The van der Waals surface area contributed by atoms with E-state index in [1.165, 1.54) is 0 Å². The minimum absolute atomic E-state index is 0.662. The fourth-order valence-electron chi connectivity index (χ4n) is 3.23. The molecule has 0 amide bonds. The molecule has 4 aromatic carbocycles. The van der Waals surface area contributed by atoms with Crippen molar-refractivity contribution in [1.29, 1.82) is 0 Å². The van der Waals surface area contributed by atoms with Gasteiger partial charge in [0.1, 0.15) is 0 Å². The highest BCUT2D eigenvalue weighted by atomic mass is 32.2. The molecule has 0 bridgehead atoms. The summed E-state index contributed by atoms with van der Waals surface area (Å²) >= 11 is 0. The summed E-state index contributed by atoms with van der Waals surface area (Å²) < 4.78 is 26.9. The molecule has 0 saturated carbocycles. The van der Waals surface area contributed by atoms with Gasteiger partial charge in [0.25, 0.3) is 0 Å². The Bertz CT molecular complexity index is 1160. The average molecular weight is 455 g/mol. The van der Waals surface area contributed by atoms with E-state index in [4.69, 9.17) is 0 Å². The standard InChI is InChI=1S/C28H22O2S2/c29-31(25-17-9-3-10-18-25)27(23-13-5-1-6-14-23)21-22-28(24-15-7-2-8-16-24)32(30)26-19-11-4-12-20-26/h1-22H/b27-21-,28-22-. The molecule has 4 aromatic rings. The molecule has 158 valence electrons. The summed E-state index contributed by atoms with van der Waals surface area (Å²) in [6, 6.07) is 38.1. The first-order chi connectivity index (χ1) is 15.7. The van der Waals surface area contributed by atoms with E-state index in [0.717, 1.165) is 20.9 Å². The molecule has 0 fully saturated rings. The Hall–Kier alpha value is -3.34. The SMILES string of the molecule is O=S(/C(=C\C=C(\c1ccccc1)S(=O)c1ccccc1)c1ccccc1)c1ccccc1. The summed E-state index contributed by atoms with van der Waals surface area (Å²) in [5.41, 5.74) is 1.73. The van der Waals surface area contributed by atoms with Crippen LogP contribution in [0.5, 0.6) is 0 Å². The molecule has 2 nitrogen and oxygen atoms in total. The highest BCUT2D eigenvalue weighted by Crippen LogP contribution is 2.28. The monoisotopic (exact) mass is 454 g/mol. The Balaban J connectivity index is 1.84. The first kappa shape index (κ1) is 21.9. The van der Waals surface area contributed by atoms with Gasteiger partial charge in [-0.3, -0.25) is 0 Å². The minimum Gasteiger partial charge on any atom is -0.249 e. The van der Waals surface area contributed by atoms with Gasteiger partial charge in [0, 0.05) is 9.79 Å². The van der Waals surface area contributed by atoms with Gasteiger partial charge < -0.3 is 0 Å². The third kappa shape index (κ3) is 5.28. The van der Waals surface area contributed by atoms with E-state index < -0.39 is 21.6 Å². The molecule has 0 aliphatic carbocycles. The van der Waals surface area contributed by atoms with E-state index in [0.29, 0.717) is 9.81 Å². The molecule has 2 unspecified atom stereocenters. The molecule has 4 rings (SSSR count). The third-order valence-corrected chi connectivity index (χ3v) is 7.76. The zero-order valence-corrected chi connectivity index (χ0v) is 19.0. The molecule has 0 radical (unpaired) electrons.